The fraction of sp³-hybridized carbons (Fsp3) is 0.500. The zero-order valence-corrected chi connectivity index (χ0v) is 18.4. The molecule has 182 valence electrons. The van der Waals surface area contributed by atoms with Crippen LogP contribution >= 0.6 is 0 Å². The van der Waals surface area contributed by atoms with Crippen LogP contribution in [0, 0.1) is 11.8 Å². The molecule has 33 heavy (non-hydrogen) atoms. The van der Waals surface area contributed by atoms with Gasteiger partial charge in [0.1, 0.15) is 24.2 Å². The van der Waals surface area contributed by atoms with Gasteiger partial charge in [0.25, 0.3) is 0 Å². The highest BCUT2D eigenvalue weighted by molar-refractivity contribution is 5.86. The Morgan fingerprint density at radius 2 is 2.09 bits per heavy atom. The second kappa shape index (κ2) is 12.6. The van der Waals surface area contributed by atoms with E-state index in [1.54, 1.807) is 7.05 Å². The van der Waals surface area contributed by atoms with Gasteiger partial charge in [0.05, 0.1) is 11.7 Å². The summed E-state index contributed by atoms with van der Waals surface area (Å²) in [4.78, 5) is 23.5. The Labute approximate surface area is 191 Å². The molecule has 0 aliphatic heterocycles. The summed E-state index contributed by atoms with van der Waals surface area (Å²) in [6.45, 7) is -0.281. The molecule has 1 fully saturated rings. The standard InChI is InChI=1S/C24H30F3NO5/c1-28-23(32)10-5-3-2-4-9-19-20(22(31)14-21(19)30)12-11-17(29)15-33-18-8-6-7-16(13-18)24(25,26)27/h2,4,6-8,11-13,17,19-21,29-30H,3,5,9-10,14-15H2,1H3,(H,28,32)/b4-2-,12-11+/t17-,19-,20-,21+/m1/s1. The van der Waals surface area contributed by atoms with Crippen LogP contribution in [0.4, 0.5) is 13.2 Å². The normalized spacial score (nSPS) is 22.2. The maximum atomic E-state index is 12.8. The Bertz CT molecular complexity index is 853. The van der Waals surface area contributed by atoms with Gasteiger partial charge < -0.3 is 20.3 Å². The molecule has 0 radical (unpaired) electrons. The molecule has 1 aliphatic carbocycles. The summed E-state index contributed by atoms with van der Waals surface area (Å²) in [6.07, 6.45) is 2.61. The summed E-state index contributed by atoms with van der Waals surface area (Å²) in [7, 11) is 1.58. The number of carbonyl (C=O) groups excluding carboxylic acids is 2. The first-order chi connectivity index (χ1) is 15.6. The van der Waals surface area contributed by atoms with E-state index in [1.807, 2.05) is 12.2 Å². The molecule has 9 heteroatoms. The van der Waals surface area contributed by atoms with Crippen molar-refractivity contribution in [2.24, 2.45) is 11.8 Å². The third-order valence-electron chi connectivity index (χ3n) is 5.49. The summed E-state index contributed by atoms with van der Waals surface area (Å²) >= 11 is 0. The topological polar surface area (TPSA) is 95.9 Å². The number of Topliss-reactive ketones (excluding diaryl/α,β-unsaturated/α-hetero) is 1. The summed E-state index contributed by atoms with van der Waals surface area (Å²) in [6, 6.07) is 4.36. The molecule has 2 rings (SSSR count). The number of rotatable bonds is 11. The first-order valence-corrected chi connectivity index (χ1v) is 10.8. The van der Waals surface area contributed by atoms with Crippen molar-refractivity contribution >= 4 is 11.7 Å². The molecule has 1 amide bonds. The smallest absolute Gasteiger partial charge is 0.416 e. The number of halogens is 3. The van der Waals surface area contributed by atoms with Gasteiger partial charge in [-0.1, -0.05) is 30.4 Å². The fourth-order valence-electron chi connectivity index (χ4n) is 3.65. The molecule has 4 atom stereocenters. The van der Waals surface area contributed by atoms with E-state index in [2.05, 4.69) is 5.32 Å². The molecule has 0 bridgehead atoms. The minimum absolute atomic E-state index is 0.0240. The van der Waals surface area contributed by atoms with Crippen LogP contribution in [0.5, 0.6) is 5.75 Å². The zero-order chi connectivity index (χ0) is 24.4. The van der Waals surface area contributed by atoms with Crippen molar-refractivity contribution in [2.75, 3.05) is 13.7 Å². The molecule has 1 saturated carbocycles. The van der Waals surface area contributed by atoms with Crippen molar-refractivity contribution in [3.8, 4) is 5.75 Å². The molecule has 6 nitrogen and oxygen atoms in total. The number of unbranched alkanes of at least 4 members (excludes halogenated alkanes) is 1. The summed E-state index contributed by atoms with van der Waals surface area (Å²) in [5.74, 6) is -1.09. The van der Waals surface area contributed by atoms with Crippen LogP contribution in [0.15, 0.2) is 48.6 Å². The van der Waals surface area contributed by atoms with Crippen LogP contribution in [0.2, 0.25) is 0 Å². The average molecular weight is 470 g/mol. The Morgan fingerprint density at radius 3 is 2.79 bits per heavy atom. The lowest BCUT2D eigenvalue weighted by molar-refractivity contribution is -0.137. The van der Waals surface area contributed by atoms with Crippen LogP contribution in [0.1, 0.15) is 37.7 Å². The van der Waals surface area contributed by atoms with Crippen molar-refractivity contribution in [1.82, 2.24) is 5.32 Å². The second-order valence-corrected chi connectivity index (χ2v) is 7.99. The van der Waals surface area contributed by atoms with E-state index in [4.69, 9.17) is 4.74 Å². The van der Waals surface area contributed by atoms with Crippen LogP contribution in [0.25, 0.3) is 0 Å². The largest absolute Gasteiger partial charge is 0.491 e. The number of nitrogens with one attached hydrogen (secondary N) is 1. The lowest BCUT2D eigenvalue weighted by Crippen LogP contribution is -2.20. The lowest BCUT2D eigenvalue weighted by Gasteiger charge is -2.17. The number of aliphatic hydroxyl groups excluding tert-OH is 2. The van der Waals surface area contributed by atoms with Gasteiger partial charge in [-0.05, 0) is 37.5 Å². The lowest BCUT2D eigenvalue weighted by atomic mass is 9.90. The van der Waals surface area contributed by atoms with E-state index in [0.717, 1.165) is 12.1 Å². The number of hydrogen-bond donors (Lipinski definition) is 3. The molecule has 0 saturated heterocycles. The van der Waals surface area contributed by atoms with Crippen LogP contribution in [0.3, 0.4) is 0 Å². The van der Waals surface area contributed by atoms with Gasteiger partial charge in [-0.15, -0.1) is 0 Å². The SMILES string of the molecule is CNC(=O)CCC/C=C\C[C@H]1[C@@H](O)CC(=O)[C@@H]1/C=C/[C@@H](O)COc1cccc(C(F)(F)F)c1. The second-order valence-electron chi connectivity index (χ2n) is 7.99. The Balaban J connectivity index is 1.86. The number of alkyl halides is 3. The maximum Gasteiger partial charge on any atom is 0.416 e. The first-order valence-electron chi connectivity index (χ1n) is 10.8. The Morgan fingerprint density at radius 1 is 1.33 bits per heavy atom. The highest BCUT2D eigenvalue weighted by atomic mass is 19.4. The van der Waals surface area contributed by atoms with Gasteiger partial charge >= 0.3 is 6.18 Å². The third kappa shape index (κ3) is 8.66. The van der Waals surface area contributed by atoms with Crippen LogP contribution in [-0.4, -0.2) is 47.8 Å². The van der Waals surface area contributed by atoms with E-state index >= 15 is 0 Å². The maximum absolute atomic E-state index is 12.8. The predicted octanol–water partition coefficient (Wildman–Crippen LogP) is 3.43. The molecule has 0 aromatic heterocycles. The van der Waals surface area contributed by atoms with E-state index in [9.17, 15) is 33.0 Å². The van der Waals surface area contributed by atoms with Crippen molar-refractivity contribution in [3.63, 3.8) is 0 Å². The van der Waals surface area contributed by atoms with Gasteiger partial charge in [0.2, 0.25) is 5.91 Å². The molecule has 0 spiro atoms. The Hall–Kier alpha value is -2.65. The number of benzene rings is 1. The quantitative estimate of drug-likeness (QED) is 0.341. The van der Waals surface area contributed by atoms with Gasteiger partial charge in [-0.3, -0.25) is 9.59 Å². The van der Waals surface area contributed by atoms with Crippen molar-refractivity contribution in [1.29, 1.82) is 0 Å². The molecule has 3 N–H and O–H groups in total. The molecule has 1 aromatic rings. The minimum atomic E-state index is -4.49. The van der Waals surface area contributed by atoms with Gasteiger partial charge in [-0.25, -0.2) is 0 Å². The van der Waals surface area contributed by atoms with Crippen LogP contribution < -0.4 is 10.1 Å². The molecule has 0 unspecified atom stereocenters. The fourth-order valence-corrected chi connectivity index (χ4v) is 3.65. The summed E-state index contributed by atoms with van der Waals surface area (Å²) < 4.78 is 43.6. The predicted molar refractivity (Wildman–Crippen MR) is 116 cm³/mol. The first kappa shape index (κ1) is 26.6. The van der Waals surface area contributed by atoms with Gasteiger partial charge in [0, 0.05) is 31.7 Å². The molecular weight excluding hydrogens is 439 g/mol. The number of allylic oxidation sites excluding steroid dienone is 3. The van der Waals surface area contributed by atoms with E-state index in [0.29, 0.717) is 25.7 Å². The van der Waals surface area contributed by atoms with Crippen molar-refractivity contribution in [2.45, 2.75) is 50.5 Å². The number of aliphatic hydroxyl groups is 2. The summed E-state index contributed by atoms with van der Waals surface area (Å²) in [5.41, 5.74) is -0.847. The monoisotopic (exact) mass is 469 g/mol. The number of amides is 1. The Kier molecular flexibility index (Phi) is 10.1. The molecule has 1 aliphatic rings. The summed E-state index contributed by atoms with van der Waals surface area (Å²) in [5, 5.41) is 22.9. The highest BCUT2D eigenvalue weighted by Gasteiger charge is 2.39. The molecule has 1 aromatic carbocycles. The van der Waals surface area contributed by atoms with Gasteiger partial charge in [0.15, 0.2) is 0 Å². The van der Waals surface area contributed by atoms with Crippen LogP contribution in [-0.2, 0) is 15.8 Å². The third-order valence-corrected chi connectivity index (χ3v) is 5.49. The number of ketones is 1. The highest BCUT2D eigenvalue weighted by Crippen LogP contribution is 2.34. The van der Waals surface area contributed by atoms with Crippen molar-refractivity contribution < 1.29 is 37.7 Å². The average Bonchev–Trinajstić information content (AvgIpc) is 3.04. The van der Waals surface area contributed by atoms with E-state index < -0.39 is 29.9 Å². The minimum Gasteiger partial charge on any atom is -0.491 e. The van der Waals surface area contributed by atoms with E-state index in [-0.39, 0.29) is 36.4 Å². The van der Waals surface area contributed by atoms with E-state index in [1.165, 1.54) is 24.3 Å². The number of hydrogen-bond acceptors (Lipinski definition) is 5. The molecule has 0 heterocycles. The number of carbonyl (C=O) groups is 2. The molecular formula is C24H30F3NO5. The zero-order valence-electron chi connectivity index (χ0n) is 18.4. The van der Waals surface area contributed by atoms with Gasteiger partial charge in [-0.2, -0.15) is 13.2 Å². The number of ether oxygens (including phenoxy) is 1. The van der Waals surface area contributed by atoms with Crippen molar-refractivity contribution in [3.05, 3.63) is 54.1 Å².